The number of hydrogen-bond acceptors (Lipinski definition) is 2. The zero-order chi connectivity index (χ0) is 15.3. The van der Waals surface area contributed by atoms with Gasteiger partial charge in [-0.15, -0.1) is 0 Å². The lowest BCUT2D eigenvalue weighted by Gasteiger charge is -2.24. The van der Waals surface area contributed by atoms with Crippen LogP contribution in [0.1, 0.15) is 64.0 Å². The van der Waals surface area contributed by atoms with Crippen LogP contribution in [0.15, 0.2) is 24.3 Å². The molecular weight excluding hydrogens is 258 g/mol. The van der Waals surface area contributed by atoms with E-state index in [1.165, 1.54) is 30.4 Å². The van der Waals surface area contributed by atoms with E-state index in [1.807, 2.05) is 0 Å². The first-order chi connectivity index (χ1) is 9.95. The van der Waals surface area contributed by atoms with Crippen LogP contribution in [0.2, 0.25) is 0 Å². The Balaban J connectivity index is 1.78. The van der Waals surface area contributed by atoms with Crippen LogP contribution in [0.5, 0.6) is 0 Å². The molecule has 1 aliphatic heterocycles. The molecular formula is C19H31NO. The maximum Gasteiger partial charge on any atom is 0.0575 e. The Labute approximate surface area is 130 Å². The van der Waals surface area contributed by atoms with E-state index in [1.54, 1.807) is 0 Å². The molecule has 118 valence electrons. The highest BCUT2D eigenvalue weighted by atomic mass is 16.5. The van der Waals surface area contributed by atoms with Crippen LogP contribution in [0.4, 0.5) is 0 Å². The molecule has 1 aliphatic rings. The predicted octanol–water partition coefficient (Wildman–Crippen LogP) is 4.20. The minimum atomic E-state index is 0.221. The maximum atomic E-state index is 6.29. The van der Waals surface area contributed by atoms with Gasteiger partial charge < -0.3 is 10.5 Å². The average Bonchev–Trinajstić information content (AvgIpc) is 2.46. The normalized spacial score (nSPS) is 21.2. The maximum absolute atomic E-state index is 6.29. The Bertz CT molecular complexity index is 412. The third-order valence-corrected chi connectivity index (χ3v) is 4.45. The highest BCUT2D eigenvalue weighted by Crippen LogP contribution is 2.23. The molecule has 2 rings (SSSR count). The predicted molar refractivity (Wildman–Crippen MR) is 89.6 cm³/mol. The number of nitrogens with two attached hydrogens (primary N) is 1. The Morgan fingerprint density at radius 1 is 1.19 bits per heavy atom. The SMILES string of the molecule is CC(C)(C)c1ccc(CC(N)CCC2CCCCO2)cc1. The molecule has 0 aliphatic carbocycles. The Morgan fingerprint density at radius 3 is 2.48 bits per heavy atom. The van der Waals surface area contributed by atoms with Crippen LogP contribution in [0, 0.1) is 0 Å². The van der Waals surface area contributed by atoms with Gasteiger partial charge in [0.25, 0.3) is 0 Å². The fourth-order valence-electron chi connectivity index (χ4n) is 2.98. The average molecular weight is 289 g/mol. The molecule has 1 saturated heterocycles. The van der Waals surface area contributed by atoms with Crippen LogP contribution >= 0.6 is 0 Å². The first kappa shape index (κ1) is 16.5. The van der Waals surface area contributed by atoms with Crippen molar-refractivity contribution < 1.29 is 4.74 Å². The lowest BCUT2D eigenvalue weighted by Crippen LogP contribution is -2.27. The van der Waals surface area contributed by atoms with Gasteiger partial charge in [0.1, 0.15) is 0 Å². The summed E-state index contributed by atoms with van der Waals surface area (Å²) in [5, 5.41) is 0. The highest BCUT2D eigenvalue weighted by molar-refractivity contribution is 5.27. The molecule has 2 N–H and O–H groups in total. The molecule has 0 amide bonds. The summed E-state index contributed by atoms with van der Waals surface area (Å²) in [6.07, 6.45) is 7.35. The van der Waals surface area contributed by atoms with E-state index in [9.17, 15) is 0 Å². The third-order valence-electron chi connectivity index (χ3n) is 4.45. The third kappa shape index (κ3) is 5.44. The molecule has 1 fully saturated rings. The van der Waals surface area contributed by atoms with Gasteiger partial charge in [-0.1, -0.05) is 45.0 Å². The van der Waals surface area contributed by atoms with Crippen molar-refractivity contribution in [1.29, 1.82) is 0 Å². The lowest BCUT2D eigenvalue weighted by molar-refractivity contribution is 0.00915. The van der Waals surface area contributed by atoms with E-state index in [4.69, 9.17) is 10.5 Å². The second-order valence-corrected chi connectivity index (χ2v) is 7.48. The van der Waals surface area contributed by atoms with Crippen LogP contribution in [0.3, 0.4) is 0 Å². The number of benzene rings is 1. The molecule has 1 aromatic carbocycles. The second-order valence-electron chi connectivity index (χ2n) is 7.48. The van der Waals surface area contributed by atoms with E-state index in [0.717, 1.165) is 25.9 Å². The van der Waals surface area contributed by atoms with Crippen molar-refractivity contribution in [1.82, 2.24) is 0 Å². The summed E-state index contributed by atoms with van der Waals surface area (Å²) in [6, 6.07) is 9.20. The molecule has 21 heavy (non-hydrogen) atoms. The minimum absolute atomic E-state index is 0.221. The van der Waals surface area contributed by atoms with Gasteiger partial charge in [0.05, 0.1) is 6.10 Å². The lowest BCUT2D eigenvalue weighted by atomic mass is 9.86. The molecule has 0 aromatic heterocycles. The van der Waals surface area contributed by atoms with E-state index < -0.39 is 0 Å². The summed E-state index contributed by atoms with van der Waals surface area (Å²) < 4.78 is 5.78. The topological polar surface area (TPSA) is 35.2 Å². The minimum Gasteiger partial charge on any atom is -0.378 e. The van der Waals surface area contributed by atoms with Gasteiger partial charge in [-0.2, -0.15) is 0 Å². The monoisotopic (exact) mass is 289 g/mol. The van der Waals surface area contributed by atoms with Gasteiger partial charge in [0, 0.05) is 12.6 Å². The fourth-order valence-corrected chi connectivity index (χ4v) is 2.98. The van der Waals surface area contributed by atoms with Gasteiger partial charge in [-0.3, -0.25) is 0 Å². The number of ether oxygens (including phenoxy) is 1. The summed E-state index contributed by atoms with van der Waals surface area (Å²) in [5.41, 5.74) is 9.24. The molecule has 1 heterocycles. The first-order valence-corrected chi connectivity index (χ1v) is 8.42. The molecule has 1 aromatic rings. The van der Waals surface area contributed by atoms with E-state index in [-0.39, 0.29) is 11.5 Å². The van der Waals surface area contributed by atoms with Gasteiger partial charge in [-0.05, 0) is 55.1 Å². The summed E-state index contributed by atoms with van der Waals surface area (Å²) >= 11 is 0. The van der Waals surface area contributed by atoms with Gasteiger partial charge in [-0.25, -0.2) is 0 Å². The Kier molecular flexibility index (Phi) is 5.83. The van der Waals surface area contributed by atoms with E-state index in [2.05, 4.69) is 45.0 Å². The van der Waals surface area contributed by atoms with E-state index in [0.29, 0.717) is 6.10 Å². The molecule has 2 atom stereocenters. The van der Waals surface area contributed by atoms with Gasteiger partial charge >= 0.3 is 0 Å². The molecule has 0 spiro atoms. The van der Waals surface area contributed by atoms with Gasteiger partial charge in [0.15, 0.2) is 0 Å². The van der Waals surface area contributed by atoms with Crippen LogP contribution in [-0.2, 0) is 16.6 Å². The van der Waals surface area contributed by atoms with Crippen molar-refractivity contribution in [3.05, 3.63) is 35.4 Å². The fraction of sp³-hybridized carbons (Fsp3) is 0.684. The molecule has 2 nitrogen and oxygen atoms in total. The van der Waals surface area contributed by atoms with Crippen molar-refractivity contribution >= 4 is 0 Å². The summed E-state index contributed by atoms with van der Waals surface area (Å²) in [5.74, 6) is 0. The largest absolute Gasteiger partial charge is 0.378 e. The summed E-state index contributed by atoms with van der Waals surface area (Å²) in [4.78, 5) is 0. The standard InChI is InChI=1S/C19H31NO/c1-19(2,3)16-9-7-15(8-10-16)14-17(20)11-12-18-6-4-5-13-21-18/h7-10,17-18H,4-6,11-14,20H2,1-3H3. The molecule has 2 unspecified atom stereocenters. The van der Waals surface area contributed by atoms with Crippen molar-refractivity contribution in [2.75, 3.05) is 6.61 Å². The van der Waals surface area contributed by atoms with E-state index >= 15 is 0 Å². The van der Waals surface area contributed by atoms with Crippen molar-refractivity contribution in [2.24, 2.45) is 5.73 Å². The quantitative estimate of drug-likeness (QED) is 0.881. The molecule has 0 bridgehead atoms. The van der Waals surface area contributed by atoms with Crippen LogP contribution < -0.4 is 5.73 Å². The molecule has 0 radical (unpaired) electrons. The highest BCUT2D eigenvalue weighted by Gasteiger charge is 2.16. The van der Waals surface area contributed by atoms with Crippen LogP contribution in [0.25, 0.3) is 0 Å². The Morgan fingerprint density at radius 2 is 1.90 bits per heavy atom. The zero-order valence-electron chi connectivity index (χ0n) is 13.9. The zero-order valence-corrected chi connectivity index (χ0v) is 13.9. The van der Waals surface area contributed by atoms with Crippen molar-refractivity contribution in [3.8, 4) is 0 Å². The first-order valence-electron chi connectivity index (χ1n) is 8.42. The molecule has 2 heteroatoms. The van der Waals surface area contributed by atoms with Gasteiger partial charge in [0.2, 0.25) is 0 Å². The molecule has 0 saturated carbocycles. The summed E-state index contributed by atoms with van der Waals surface area (Å²) in [7, 11) is 0. The van der Waals surface area contributed by atoms with Crippen molar-refractivity contribution in [3.63, 3.8) is 0 Å². The summed E-state index contributed by atoms with van der Waals surface area (Å²) in [6.45, 7) is 7.68. The number of rotatable bonds is 5. The van der Waals surface area contributed by atoms with Crippen molar-refractivity contribution in [2.45, 2.75) is 76.9 Å². The number of hydrogen-bond donors (Lipinski definition) is 1. The van der Waals surface area contributed by atoms with Crippen LogP contribution in [-0.4, -0.2) is 18.8 Å². The smallest absolute Gasteiger partial charge is 0.0575 e. The second kappa shape index (κ2) is 7.42. The Hall–Kier alpha value is -0.860.